The molecule has 2 aromatic rings. The average Bonchev–Trinajstić information content (AvgIpc) is 2.63. The van der Waals surface area contributed by atoms with E-state index < -0.39 is 22.5 Å². The van der Waals surface area contributed by atoms with Crippen LogP contribution < -0.4 is 10.0 Å². The number of nitrogens with zero attached hydrogens (tertiary/aromatic N) is 1. The topological polar surface area (TPSA) is 95.6 Å². The van der Waals surface area contributed by atoms with Crippen LogP contribution in [0.2, 0.25) is 0 Å². The van der Waals surface area contributed by atoms with Gasteiger partial charge in [0.25, 0.3) is 0 Å². The standard InChI is InChI=1S/C20H25N3O4S/c1-14-8-10-17(11-9-14)28(26,27)21-12-19(25)23(4)13-18(24)22-20-15(2)6-5-7-16(20)3/h5-11,21H,12-13H2,1-4H3,(H,22,24). The van der Waals surface area contributed by atoms with Crippen LogP contribution in [0.4, 0.5) is 5.69 Å². The second-order valence-corrected chi connectivity index (χ2v) is 8.47. The number of para-hydroxylation sites is 1. The van der Waals surface area contributed by atoms with Crippen LogP contribution in [0, 0.1) is 20.8 Å². The molecule has 0 radical (unpaired) electrons. The molecular formula is C20H25N3O4S. The number of hydrogen-bond donors (Lipinski definition) is 2. The molecule has 0 fully saturated rings. The van der Waals surface area contributed by atoms with Gasteiger partial charge < -0.3 is 10.2 Å². The highest BCUT2D eigenvalue weighted by atomic mass is 32.2. The maximum atomic E-state index is 12.2. The zero-order valence-corrected chi connectivity index (χ0v) is 17.3. The lowest BCUT2D eigenvalue weighted by Crippen LogP contribution is -2.41. The van der Waals surface area contributed by atoms with Crippen molar-refractivity contribution in [3.63, 3.8) is 0 Å². The maximum absolute atomic E-state index is 12.2. The molecule has 2 aromatic carbocycles. The molecule has 150 valence electrons. The van der Waals surface area contributed by atoms with E-state index in [1.165, 1.54) is 24.1 Å². The minimum Gasteiger partial charge on any atom is -0.335 e. The van der Waals surface area contributed by atoms with Crippen LogP contribution in [0.5, 0.6) is 0 Å². The lowest BCUT2D eigenvalue weighted by molar-refractivity contribution is -0.132. The van der Waals surface area contributed by atoms with E-state index in [1.807, 2.05) is 39.0 Å². The van der Waals surface area contributed by atoms with Gasteiger partial charge in [-0.05, 0) is 44.0 Å². The number of aryl methyl sites for hydroxylation is 3. The Labute approximate surface area is 165 Å². The summed E-state index contributed by atoms with van der Waals surface area (Å²) in [7, 11) is -2.34. The Morgan fingerprint density at radius 2 is 1.54 bits per heavy atom. The number of benzene rings is 2. The van der Waals surface area contributed by atoms with E-state index in [2.05, 4.69) is 10.0 Å². The number of carbonyl (C=O) groups excluding carboxylic acids is 2. The van der Waals surface area contributed by atoms with Gasteiger partial charge in [0, 0.05) is 12.7 Å². The molecule has 2 N–H and O–H groups in total. The fourth-order valence-corrected chi connectivity index (χ4v) is 3.56. The van der Waals surface area contributed by atoms with Gasteiger partial charge in [-0.2, -0.15) is 0 Å². The molecule has 0 heterocycles. The fourth-order valence-electron chi connectivity index (χ4n) is 2.59. The van der Waals surface area contributed by atoms with Gasteiger partial charge in [0.2, 0.25) is 21.8 Å². The largest absolute Gasteiger partial charge is 0.335 e. The van der Waals surface area contributed by atoms with Gasteiger partial charge >= 0.3 is 0 Å². The highest BCUT2D eigenvalue weighted by molar-refractivity contribution is 7.89. The van der Waals surface area contributed by atoms with Gasteiger partial charge in [0.15, 0.2) is 0 Å². The number of likely N-dealkylation sites (N-methyl/N-ethyl adjacent to an activating group) is 1. The van der Waals surface area contributed by atoms with E-state index in [4.69, 9.17) is 0 Å². The predicted octanol–water partition coefficient (Wildman–Crippen LogP) is 1.99. The highest BCUT2D eigenvalue weighted by Gasteiger charge is 2.19. The lowest BCUT2D eigenvalue weighted by Gasteiger charge is -2.18. The second kappa shape index (κ2) is 8.99. The van der Waals surface area contributed by atoms with E-state index >= 15 is 0 Å². The maximum Gasteiger partial charge on any atom is 0.243 e. The molecule has 0 spiro atoms. The molecule has 0 bridgehead atoms. The third-order valence-corrected chi connectivity index (χ3v) is 5.71. The number of anilines is 1. The van der Waals surface area contributed by atoms with Gasteiger partial charge in [-0.25, -0.2) is 13.1 Å². The van der Waals surface area contributed by atoms with Crippen molar-refractivity contribution >= 4 is 27.5 Å². The van der Waals surface area contributed by atoms with E-state index in [1.54, 1.807) is 12.1 Å². The Balaban J connectivity index is 1.92. The van der Waals surface area contributed by atoms with Crippen molar-refractivity contribution < 1.29 is 18.0 Å². The van der Waals surface area contributed by atoms with Crippen LogP contribution >= 0.6 is 0 Å². The van der Waals surface area contributed by atoms with Crippen molar-refractivity contribution in [2.24, 2.45) is 0 Å². The zero-order chi connectivity index (χ0) is 20.9. The number of rotatable bonds is 7. The van der Waals surface area contributed by atoms with Crippen LogP contribution in [0.15, 0.2) is 47.4 Å². The second-order valence-electron chi connectivity index (χ2n) is 6.70. The number of nitrogens with one attached hydrogen (secondary N) is 2. The Morgan fingerprint density at radius 1 is 0.964 bits per heavy atom. The van der Waals surface area contributed by atoms with Gasteiger partial charge in [-0.1, -0.05) is 35.9 Å². The summed E-state index contributed by atoms with van der Waals surface area (Å²) < 4.78 is 26.8. The Kier molecular flexibility index (Phi) is 6.93. The number of amides is 2. The number of sulfonamides is 1. The summed E-state index contributed by atoms with van der Waals surface area (Å²) in [4.78, 5) is 25.7. The van der Waals surface area contributed by atoms with Crippen molar-refractivity contribution in [3.8, 4) is 0 Å². The summed E-state index contributed by atoms with van der Waals surface area (Å²) in [5.41, 5.74) is 3.50. The van der Waals surface area contributed by atoms with Crippen molar-refractivity contribution in [2.75, 3.05) is 25.5 Å². The first-order valence-electron chi connectivity index (χ1n) is 8.76. The predicted molar refractivity (Wildman–Crippen MR) is 109 cm³/mol. The smallest absolute Gasteiger partial charge is 0.243 e. The SMILES string of the molecule is Cc1ccc(S(=O)(=O)NCC(=O)N(C)CC(=O)Nc2c(C)cccc2C)cc1. The third kappa shape index (κ3) is 5.64. The van der Waals surface area contributed by atoms with Crippen molar-refractivity contribution in [1.82, 2.24) is 9.62 Å². The molecule has 0 aromatic heterocycles. The molecule has 7 nitrogen and oxygen atoms in total. The van der Waals surface area contributed by atoms with E-state index in [9.17, 15) is 18.0 Å². The molecule has 0 aliphatic carbocycles. The first-order chi connectivity index (χ1) is 13.1. The molecule has 0 atom stereocenters. The van der Waals surface area contributed by atoms with Crippen LogP contribution in [-0.2, 0) is 19.6 Å². The molecule has 2 rings (SSSR count). The molecule has 28 heavy (non-hydrogen) atoms. The molecule has 0 aliphatic heterocycles. The third-order valence-electron chi connectivity index (χ3n) is 4.30. The zero-order valence-electron chi connectivity index (χ0n) is 16.4. The van der Waals surface area contributed by atoms with Crippen molar-refractivity contribution in [3.05, 3.63) is 59.2 Å². The minimum absolute atomic E-state index is 0.0846. The summed E-state index contributed by atoms with van der Waals surface area (Å²) in [5, 5.41) is 2.80. The summed E-state index contributed by atoms with van der Waals surface area (Å²) >= 11 is 0. The van der Waals surface area contributed by atoms with Crippen LogP contribution in [-0.4, -0.2) is 45.3 Å². The fraction of sp³-hybridized carbons (Fsp3) is 0.300. The molecular weight excluding hydrogens is 378 g/mol. The molecule has 0 saturated heterocycles. The number of carbonyl (C=O) groups is 2. The lowest BCUT2D eigenvalue weighted by atomic mass is 10.1. The molecule has 8 heteroatoms. The Morgan fingerprint density at radius 3 is 2.11 bits per heavy atom. The Hall–Kier alpha value is -2.71. The summed E-state index contributed by atoms with van der Waals surface area (Å²) in [6.45, 7) is 5.02. The van der Waals surface area contributed by atoms with Crippen molar-refractivity contribution in [1.29, 1.82) is 0 Å². The molecule has 0 unspecified atom stereocenters. The normalized spacial score (nSPS) is 11.1. The van der Waals surface area contributed by atoms with Gasteiger partial charge in [0.05, 0.1) is 18.0 Å². The van der Waals surface area contributed by atoms with E-state index in [0.29, 0.717) is 5.69 Å². The quantitative estimate of drug-likeness (QED) is 0.739. The minimum atomic E-state index is -3.79. The van der Waals surface area contributed by atoms with Crippen molar-refractivity contribution in [2.45, 2.75) is 25.7 Å². The van der Waals surface area contributed by atoms with E-state index in [-0.39, 0.29) is 17.3 Å². The molecule has 0 saturated carbocycles. The summed E-state index contributed by atoms with van der Waals surface area (Å²) in [5.74, 6) is -0.859. The summed E-state index contributed by atoms with van der Waals surface area (Å²) in [6.07, 6.45) is 0. The van der Waals surface area contributed by atoms with Crippen LogP contribution in [0.25, 0.3) is 0 Å². The Bertz CT molecular complexity index is 949. The van der Waals surface area contributed by atoms with Crippen LogP contribution in [0.3, 0.4) is 0 Å². The van der Waals surface area contributed by atoms with Gasteiger partial charge in [-0.3, -0.25) is 9.59 Å². The number of hydrogen-bond acceptors (Lipinski definition) is 4. The van der Waals surface area contributed by atoms with Gasteiger partial charge in [-0.15, -0.1) is 0 Å². The first-order valence-corrected chi connectivity index (χ1v) is 10.2. The average molecular weight is 404 g/mol. The highest BCUT2D eigenvalue weighted by Crippen LogP contribution is 2.19. The van der Waals surface area contributed by atoms with Gasteiger partial charge in [0.1, 0.15) is 0 Å². The van der Waals surface area contributed by atoms with Crippen LogP contribution in [0.1, 0.15) is 16.7 Å². The first kappa shape index (κ1) is 21.6. The monoisotopic (exact) mass is 403 g/mol. The summed E-state index contributed by atoms with van der Waals surface area (Å²) in [6, 6.07) is 12.0. The van der Waals surface area contributed by atoms with E-state index in [0.717, 1.165) is 16.7 Å². The molecule has 2 amide bonds. The molecule has 0 aliphatic rings.